The number of benzene rings is 2. The lowest BCUT2D eigenvalue weighted by Crippen LogP contribution is -2.12. The van der Waals surface area contributed by atoms with E-state index >= 15 is 0 Å². The zero-order valence-corrected chi connectivity index (χ0v) is 11.7. The molecule has 0 atom stereocenters. The molecule has 0 fully saturated rings. The minimum Gasteiger partial charge on any atom is -0.508 e. The van der Waals surface area contributed by atoms with Gasteiger partial charge in [0.1, 0.15) is 10.6 Å². The Kier molecular flexibility index (Phi) is 3.54. The van der Waals surface area contributed by atoms with E-state index in [-0.39, 0.29) is 15.7 Å². The fourth-order valence-corrected chi connectivity index (χ4v) is 2.84. The molecule has 2 rings (SSSR count). The lowest BCUT2D eigenvalue weighted by Gasteiger charge is -2.07. The molecule has 0 spiro atoms. The maximum Gasteiger partial charge on any atom is 0.239 e. The highest BCUT2D eigenvalue weighted by atomic mass is 35.5. The molecule has 0 heterocycles. The number of hydrogen-bond acceptors (Lipinski definition) is 3. The Morgan fingerprint density at radius 2 is 1.68 bits per heavy atom. The summed E-state index contributed by atoms with van der Waals surface area (Å²) in [5.74, 6) is 0.205. The molecule has 0 unspecified atom stereocenters. The first-order chi connectivity index (χ1) is 8.79. The topological polar surface area (TPSA) is 80.4 Å². The average Bonchev–Trinajstić information content (AvgIpc) is 2.31. The standard InChI is InChI=1S/C13H12ClNO3S/c1-8-6-9(2-4-12(8)16)10-3-5-13(11(14)7-10)19(15,17)18/h2-7,16H,1H3,(H2,15,17,18). The van der Waals surface area contributed by atoms with E-state index in [4.69, 9.17) is 16.7 Å². The van der Waals surface area contributed by atoms with Gasteiger partial charge in [-0.3, -0.25) is 0 Å². The van der Waals surface area contributed by atoms with E-state index in [0.717, 1.165) is 16.7 Å². The fourth-order valence-electron chi connectivity index (χ4n) is 1.75. The number of phenols is 1. The molecular weight excluding hydrogens is 286 g/mol. The van der Waals surface area contributed by atoms with Crippen LogP contribution in [0, 0.1) is 6.92 Å². The maximum absolute atomic E-state index is 11.3. The molecule has 4 nitrogen and oxygen atoms in total. The second-order valence-electron chi connectivity index (χ2n) is 4.19. The number of halogens is 1. The molecule has 0 aliphatic carbocycles. The van der Waals surface area contributed by atoms with E-state index in [1.54, 1.807) is 31.2 Å². The predicted molar refractivity (Wildman–Crippen MR) is 74.7 cm³/mol. The van der Waals surface area contributed by atoms with Gasteiger partial charge in [0.05, 0.1) is 5.02 Å². The Balaban J connectivity index is 2.53. The summed E-state index contributed by atoms with van der Waals surface area (Å²) in [5.41, 5.74) is 2.31. The van der Waals surface area contributed by atoms with Gasteiger partial charge >= 0.3 is 0 Å². The summed E-state index contributed by atoms with van der Waals surface area (Å²) < 4.78 is 22.5. The smallest absolute Gasteiger partial charge is 0.239 e. The van der Waals surface area contributed by atoms with Crippen molar-refractivity contribution in [1.29, 1.82) is 0 Å². The molecule has 2 aromatic rings. The van der Waals surface area contributed by atoms with Gasteiger partial charge in [-0.15, -0.1) is 0 Å². The number of primary sulfonamides is 1. The van der Waals surface area contributed by atoms with Crippen LogP contribution in [0.5, 0.6) is 5.75 Å². The summed E-state index contributed by atoms with van der Waals surface area (Å²) in [6, 6.07) is 9.62. The largest absolute Gasteiger partial charge is 0.508 e. The van der Waals surface area contributed by atoms with Crippen molar-refractivity contribution >= 4 is 21.6 Å². The first-order valence-corrected chi connectivity index (χ1v) is 7.34. The minimum absolute atomic E-state index is 0.0747. The van der Waals surface area contributed by atoms with E-state index in [1.165, 1.54) is 12.1 Å². The molecule has 0 aliphatic heterocycles. The van der Waals surface area contributed by atoms with Gasteiger partial charge in [-0.05, 0) is 47.9 Å². The molecule has 19 heavy (non-hydrogen) atoms. The molecule has 0 aromatic heterocycles. The normalized spacial score (nSPS) is 11.5. The molecular formula is C13H12ClNO3S. The number of aromatic hydroxyl groups is 1. The molecule has 2 aromatic carbocycles. The van der Waals surface area contributed by atoms with Gasteiger partial charge in [0, 0.05) is 0 Å². The monoisotopic (exact) mass is 297 g/mol. The van der Waals surface area contributed by atoms with Crippen molar-refractivity contribution in [1.82, 2.24) is 0 Å². The van der Waals surface area contributed by atoms with Gasteiger partial charge in [0.25, 0.3) is 0 Å². The summed E-state index contributed by atoms with van der Waals surface area (Å²) in [6.45, 7) is 1.78. The molecule has 0 saturated carbocycles. The van der Waals surface area contributed by atoms with Crippen molar-refractivity contribution in [3.05, 3.63) is 47.0 Å². The quantitative estimate of drug-likeness (QED) is 0.894. The van der Waals surface area contributed by atoms with Crippen molar-refractivity contribution < 1.29 is 13.5 Å². The minimum atomic E-state index is -3.82. The van der Waals surface area contributed by atoms with Crippen LogP contribution in [0.15, 0.2) is 41.3 Å². The maximum atomic E-state index is 11.3. The molecule has 3 N–H and O–H groups in total. The third-order valence-corrected chi connectivity index (χ3v) is 4.16. The number of hydrogen-bond donors (Lipinski definition) is 2. The fraction of sp³-hybridized carbons (Fsp3) is 0.0769. The van der Waals surface area contributed by atoms with E-state index < -0.39 is 10.0 Å². The van der Waals surface area contributed by atoms with Crippen molar-refractivity contribution in [3.8, 4) is 16.9 Å². The first-order valence-electron chi connectivity index (χ1n) is 5.41. The zero-order chi connectivity index (χ0) is 14.2. The molecule has 6 heteroatoms. The molecule has 100 valence electrons. The van der Waals surface area contributed by atoms with Crippen LogP contribution in [0.3, 0.4) is 0 Å². The SMILES string of the molecule is Cc1cc(-c2ccc(S(N)(=O)=O)c(Cl)c2)ccc1O. The van der Waals surface area contributed by atoms with E-state index in [2.05, 4.69) is 0 Å². The summed E-state index contributed by atoms with van der Waals surface area (Å²) in [5, 5.41) is 14.6. The number of phenolic OH excluding ortho intramolecular Hbond substituents is 1. The average molecular weight is 298 g/mol. The van der Waals surface area contributed by atoms with Gasteiger partial charge < -0.3 is 5.11 Å². The Hall–Kier alpha value is -1.56. The van der Waals surface area contributed by atoms with Crippen LogP contribution >= 0.6 is 11.6 Å². The third-order valence-electron chi connectivity index (χ3n) is 2.77. The Morgan fingerprint density at radius 1 is 1.11 bits per heavy atom. The van der Waals surface area contributed by atoms with Crippen LogP contribution < -0.4 is 5.14 Å². The molecule has 0 radical (unpaired) electrons. The summed E-state index contributed by atoms with van der Waals surface area (Å²) >= 11 is 5.93. The van der Waals surface area contributed by atoms with Gasteiger partial charge in [-0.2, -0.15) is 0 Å². The van der Waals surface area contributed by atoms with E-state index in [1.807, 2.05) is 0 Å². The lowest BCUT2D eigenvalue weighted by molar-refractivity contribution is 0.471. The van der Waals surface area contributed by atoms with Crippen LogP contribution in [0.1, 0.15) is 5.56 Å². The predicted octanol–water partition coefficient (Wildman–Crippen LogP) is 2.67. The highest BCUT2D eigenvalue weighted by molar-refractivity contribution is 7.89. The number of sulfonamides is 1. The lowest BCUT2D eigenvalue weighted by atomic mass is 10.0. The molecule has 0 saturated heterocycles. The summed E-state index contributed by atoms with van der Waals surface area (Å²) in [6.07, 6.45) is 0. The van der Waals surface area contributed by atoms with Gasteiger partial charge in [0.2, 0.25) is 10.0 Å². The highest BCUT2D eigenvalue weighted by Crippen LogP contribution is 2.30. The van der Waals surface area contributed by atoms with Crippen LogP contribution in [-0.4, -0.2) is 13.5 Å². The van der Waals surface area contributed by atoms with Crippen molar-refractivity contribution in [2.45, 2.75) is 11.8 Å². The summed E-state index contributed by atoms with van der Waals surface area (Å²) in [4.78, 5) is -0.103. The van der Waals surface area contributed by atoms with Crippen LogP contribution in [0.25, 0.3) is 11.1 Å². The van der Waals surface area contributed by atoms with Crippen LogP contribution in [0.2, 0.25) is 5.02 Å². The number of rotatable bonds is 2. The first kappa shape index (κ1) is 13.9. The second kappa shape index (κ2) is 4.85. The molecule has 0 amide bonds. The number of nitrogens with two attached hydrogens (primary N) is 1. The van der Waals surface area contributed by atoms with Crippen molar-refractivity contribution in [3.63, 3.8) is 0 Å². The molecule has 0 bridgehead atoms. The number of aryl methyl sites for hydroxylation is 1. The molecule has 0 aliphatic rings. The van der Waals surface area contributed by atoms with E-state index in [9.17, 15) is 13.5 Å². The highest BCUT2D eigenvalue weighted by Gasteiger charge is 2.13. The Bertz CT molecular complexity index is 742. The van der Waals surface area contributed by atoms with Gasteiger partial charge in [0.15, 0.2) is 0 Å². The Morgan fingerprint density at radius 3 is 2.21 bits per heavy atom. The summed E-state index contributed by atoms with van der Waals surface area (Å²) in [7, 11) is -3.82. The van der Waals surface area contributed by atoms with Gasteiger partial charge in [-0.25, -0.2) is 13.6 Å². The van der Waals surface area contributed by atoms with Gasteiger partial charge in [-0.1, -0.05) is 23.7 Å². The third kappa shape index (κ3) is 2.89. The van der Waals surface area contributed by atoms with Crippen LogP contribution in [-0.2, 0) is 10.0 Å². The van der Waals surface area contributed by atoms with Crippen molar-refractivity contribution in [2.24, 2.45) is 5.14 Å². The van der Waals surface area contributed by atoms with Crippen molar-refractivity contribution in [2.75, 3.05) is 0 Å². The second-order valence-corrected chi connectivity index (χ2v) is 6.13. The van der Waals surface area contributed by atoms with Crippen LogP contribution in [0.4, 0.5) is 0 Å². The Labute approximate surface area is 116 Å². The zero-order valence-electron chi connectivity index (χ0n) is 10.1. The van der Waals surface area contributed by atoms with E-state index in [0.29, 0.717) is 0 Å².